The van der Waals surface area contributed by atoms with Gasteiger partial charge in [0, 0.05) is 19.5 Å². The Balaban J connectivity index is 1.47. The number of likely N-dealkylation sites (N-methyl/N-ethyl adjacent to an activating group) is 1. The Morgan fingerprint density at radius 2 is 1.37 bits per heavy atom. The van der Waals surface area contributed by atoms with Crippen LogP contribution in [-0.2, 0) is 24.2 Å². The normalized spacial score (nSPS) is 12.7. The van der Waals surface area contributed by atoms with E-state index < -0.39 is 5.97 Å². The largest absolute Gasteiger partial charge is 0.488 e. The number of amides is 2. The second kappa shape index (κ2) is 12.4. The smallest absolute Gasteiger partial charge is 0.303 e. The van der Waals surface area contributed by atoms with Gasteiger partial charge in [0.05, 0.1) is 11.1 Å². The van der Waals surface area contributed by atoms with Gasteiger partial charge in [0.1, 0.15) is 13.2 Å². The summed E-state index contributed by atoms with van der Waals surface area (Å²) in [6.45, 7) is 1.79. The van der Waals surface area contributed by atoms with Gasteiger partial charge in [0.15, 0.2) is 11.5 Å². The van der Waals surface area contributed by atoms with E-state index in [0.717, 1.165) is 23.2 Å². The molecule has 0 bridgehead atoms. The fourth-order valence-electron chi connectivity index (χ4n) is 4.33. The highest BCUT2D eigenvalue weighted by molar-refractivity contribution is 6.21. The van der Waals surface area contributed by atoms with Gasteiger partial charge in [-0.3, -0.25) is 19.3 Å². The molecule has 1 N–H and O–H groups in total. The number of nitrogens with zero attached hydrogens (tertiary/aromatic N) is 2. The fraction of sp³-hybridized carbons (Fsp3) is 0.300. The first-order chi connectivity index (χ1) is 18.3. The maximum Gasteiger partial charge on any atom is 0.303 e. The summed E-state index contributed by atoms with van der Waals surface area (Å²) in [6, 6.07) is 20.1. The second-order valence-corrected chi connectivity index (χ2v) is 9.50. The van der Waals surface area contributed by atoms with E-state index in [1.54, 1.807) is 24.3 Å². The lowest BCUT2D eigenvalue weighted by Gasteiger charge is -2.16. The van der Waals surface area contributed by atoms with Crippen molar-refractivity contribution in [2.45, 2.75) is 25.9 Å². The van der Waals surface area contributed by atoms with Gasteiger partial charge >= 0.3 is 5.97 Å². The first-order valence-electron chi connectivity index (χ1n) is 12.6. The second-order valence-electron chi connectivity index (χ2n) is 9.50. The molecular formula is C30H32N2O6. The number of carboxylic acids is 1. The number of benzene rings is 3. The van der Waals surface area contributed by atoms with Gasteiger partial charge in [-0.1, -0.05) is 42.5 Å². The van der Waals surface area contributed by atoms with Crippen LogP contribution < -0.4 is 9.47 Å². The highest BCUT2D eigenvalue weighted by atomic mass is 16.5. The molecule has 1 aliphatic heterocycles. The van der Waals surface area contributed by atoms with E-state index in [2.05, 4.69) is 0 Å². The molecule has 198 valence electrons. The van der Waals surface area contributed by atoms with Crippen LogP contribution in [-0.4, -0.2) is 66.5 Å². The standard InChI is InChI=1S/C30H32N2O6/c1-31(2)15-16-37-26-9-5-6-10-27(26)38-20-23-18-21(11-12-28(33)34)17-22(19-23)13-14-32-29(35)24-7-3-4-8-25(24)30(32)36/h3-10,17-19H,11-16,20H2,1-2H3,(H,33,34). The van der Waals surface area contributed by atoms with Gasteiger partial charge in [0.2, 0.25) is 0 Å². The monoisotopic (exact) mass is 516 g/mol. The van der Waals surface area contributed by atoms with E-state index in [-0.39, 0.29) is 31.4 Å². The Labute approximate surface area is 222 Å². The molecule has 0 radical (unpaired) electrons. The van der Waals surface area contributed by atoms with Gasteiger partial charge in [-0.15, -0.1) is 0 Å². The molecule has 8 heteroatoms. The number of imide groups is 1. The van der Waals surface area contributed by atoms with Gasteiger partial charge in [-0.2, -0.15) is 0 Å². The topological polar surface area (TPSA) is 96.4 Å². The Morgan fingerprint density at radius 3 is 1.97 bits per heavy atom. The summed E-state index contributed by atoms with van der Waals surface area (Å²) in [5, 5.41) is 9.17. The number of ether oxygens (including phenoxy) is 2. The maximum absolute atomic E-state index is 12.7. The summed E-state index contributed by atoms with van der Waals surface area (Å²) in [4.78, 5) is 40.0. The molecule has 1 heterocycles. The lowest BCUT2D eigenvalue weighted by molar-refractivity contribution is -0.136. The minimum Gasteiger partial charge on any atom is -0.488 e. The van der Waals surface area contributed by atoms with Crippen molar-refractivity contribution in [3.63, 3.8) is 0 Å². The minimum atomic E-state index is -0.872. The minimum absolute atomic E-state index is 0.00467. The molecule has 0 fully saturated rings. The van der Waals surface area contributed by atoms with Crippen molar-refractivity contribution in [1.82, 2.24) is 9.80 Å². The van der Waals surface area contributed by atoms with E-state index in [0.29, 0.717) is 42.1 Å². The molecule has 0 spiro atoms. The van der Waals surface area contributed by atoms with Crippen LogP contribution in [0, 0.1) is 0 Å². The molecule has 0 saturated heterocycles. The lowest BCUT2D eigenvalue weighted by atomic mass is 10.0. The van der Waals surface area contributed by atoms with Crippen molar-refractivity contribution < 1.29 is 29.0 Å². The highest BCUT2D eigenvalue weighted by Crippen LogP contribution is 2.28. The first kappa shape index (κ1) is 26.9. The molecule has 0 unspecified atom stereocenters. The number of carboxylic acid groups (broad SMARTS) is 1. The molecule has 2 amide bonds. The Kier molecular flexibility index (Phi) is 8.76. The summed E-state index contributed by atoms with van der Waals surface area (Å²) in [6.07, 6.45) is 0.821. The van der Waals surface area contributed by atoms with Crippen LogP contribution in [0.4, 0.5) is 0 Å². The van der Waals surface area contributed by atoms with Crippen LogP contribution >= 0.6 is 0 Å². The average molecular weight is 517 g/mol. The molecule has 3 aromatic carbocycles. The van der Waals surface area contributed by atoms with Crippen molar-refractivity contribution in [2.75, 3.05) is 33.8 Å². The van der Waals surface area contributed by atoms with Crippen molar-refractivity contribution in [3.8, 4) is 11.5 Å². The first-order valence-corrected chi connectivity index (χ1v) is 12.6. The van der Waals surface area contributed by atoms with Crippen molar-refractivity contribution in [1.29, 1.82) is 0 Å². The van der Waals surface area contributed by atoms with E-state index in [1.807, 2.05) is 61.5 Å². The number of carbonyl (C=O) groups excluding carboxylic acids is 2. The third kappa shape index (κ3) is 6.77. The Bertz CT molecular complexity index is 1280. The third-order valence-electron chi connectivity index (χ3n) is 6.28. The Hall–Kier alpha value is -4.17. The summed E-state index contributed by atoms with van der Waals surface area (Å²) < 4.78 is 12.0. The van der Waals surface area contributed by atoms with E-state index in [4.69, 9.17) is 14.6 Å². The summed E-state index contributed by atoms with van der Waals surface area (Å²) in [5.41, 5.74) is 3.48. The van der Waals surface area contributed by atoms with Crippen molar-refractivity contribution in [2.24, 2.45) is 0 Å². The average Bonchev–Trinajstić information content (AvgIpc) is 3.14. The number of para-hydroxylation sites is 2. The van der Waals surface area contributed by atoms with Crippen LogP contribution in [0.1, 0.15) is 43.8 Å². The van der Waals surface area contributed by atoms with Crippen LogP contribution in [0.3, 0.4) is 0 Å². The SMILES string of the molecule is CN(C)CCOc1ccccc1OCc1cc(CCC(=O)O)cc(CCN2C(=O)c3ccccc3C2=O)c1. The van der Waals surface area contributed by atoms with Gasteiger partial charge in [-0.25, -0.2) is 0 Å². The predicted molar refractivity (Wildman–Crippen MR) is 143 cm³/mol. The molecule has 4 rings (SSSR count). The van der Waals surface area contributed by atoms with Crippen LogP contribution in [0.15, 0.2) is 66.7 Å². The number of rotatable bonds is 13. The maximum atomic E-state index is 12.7. The van der Waals surface area contributed by atoms with Crippen molar-refractivity contribution >= 4 is 17.8 Å². The van der Waals surface area contributed by atoms with E-state index in [1.165, 1.54) is 4.90 Å². The number of fused-ring (bicyclic) bond motifs is 1. The van der Waals surface area contributed by atoms with E-state index >= 15 is 0 Å². The predicted octanol–water partition coefficient (Wildman–Crippen LogP) is 4.06. The Morgan fingerprint density at radius 1 is 0.816 bits per heavy atom. The number of hydrogen-bond donors (Lipinski definition) is 1. The van der Waals surface area contributed by atoms with Gasteiger partial charge < -0.3 is 19.5 Å². The van der Waals surface area contributed by atoms with Crippen LogP contribution in [0.5, 0.6) is 11.5 Å². The van der Waals surface area contributed by atoms with E-state index in [9.17, 15) is 14.4 Å². The van der Waals surface area contributed by atoms with Crippen LogP contribution in [0.25, 0.3) is 0 Å². The molecule has 0 saturated carbocycles. The molecular weight excluding hydrogens is 484 g/mol. The molecule has 1 aliphatic rings. The molecule has 0 aromatic heterocycles. The summed E-state index contributed by atoms with van der Waals surface area (Å²) in [7, 11) is 3.96. The zero-order valence-corrected chi connectivity index (χ0v) is 21.7. The lowest BCUT2D eigenvalue weighted by Crippen LogP contribution is -2.31. The highest BCUT2D eigenvalue weighted by Gasteiger charge is 2.34. The number of aliphatic carboxylic acids is 1. The summed E-state index contributed by atoms with van der Waals surface area (Å²) in [5.74, 6) is -0.177. The van der Waals surface area contributed by atoms with Crippen molar-refractivity contribution in [3.05, 3.63) is 94.5 Å². The third-order valence-corrected chi connectivity index (χ3v) is 6.28. The van der Waals surface area contributed by atoms with Gasteiger partial charge in [0.25, 0.3) is 11.8 Å². The fourth-order valence-corrected chi connectivity index (χ4v) is 4.33. The quantitative estimate of drug-likeness (QED) is 0.342. The zero-order valence-electron chi connectivity index (χ0n) is 21.7. The summed E-state index contributed by atoms with van der Waals surface area (Å²) >= 11 is 0. The molecule has 8 nitrogen and oxygen atoms in total. The van der Waals surface area contributed by atoms with Gasteiger partial charge in [-0.05, 0) is 67.9 Å². The molecule has 0 aliphatic carbocycles. The molecule has 3 aromatic rings. The molecule has 38 heavy (non-hydrogen) atoms. The number of aryl methyl sites for hydroxylation is 1. The number of hydrogen-bond acceptors (Lipinski definition) is 6. The zero-order chi connectivity index (χ0) is 27.1. The number of carbonyl (C=O) groups is 3. The van der Waals surface area contributed by atoms with Crippen LogP contribution in [0.2, 0.25) is 0 Å². The molecule has 0 atom stereocenters.